The molecule has 0 aliphatic heterocycles. The Balaban J connectivity index is 0.00000112. The maximum absolute atomic E-state index is 10.9. The summed E-state index contributed by atoms with van der Waals surface area (Å²) in [5.41, 5.74) is 0. The molecule has 0 bridgehead atoms. The van der Waals surface area contributed by atoms with Gasteiger partial charge in [-0.05, 0) is 16.8 Å². The van der Waals surface area contributed by atoms with Gasteiger partial charge in [0.1, 0.15) is 10.1 Å². The molecule has 82 valence electrons. The second-order valence-electron chi connectivity index (χ2n) is 2.93. The molecule has 0 aliphatic rings. The van der Waals surface area contributed by atoms with Crippen molar-refractivity contribution in [3.05, 3.63) is 42.5 Å². The standard InChI is InChI=1S/C10H8O3S.Cu/c11-14(12,13)10-7-3-5-8-4-1-2-6-9(8)10;/h1-7H,(H,11,12,13);/q;+1/p-1. The van der Waals surface area contributed by atoms with Gasteiger partial charge < -0.3 is 4.55 Å². The fraction of sp³-hybridized carbons (Fsp3) is 0. The molecule has 0 fully saturated rings. The van der Waals surface area contributed by atoms with E-state index in [9.17, 15) is 13.0 Å². The van der Waals surface area contributed by atoms with Gasteiger partial charge in [0.15, 0.2) is 0 Å². The van der Waals surface area contributed by atoms with Crippen LogP contribution in [0.3, 0.4) is 0 Å². The number of benzene rings is 2. The first-order valence-corrected chi connectivity index (χ1v) is 5.43. The zero-order valence-corrected chi connectivity index (χ0v) is 9.23. The summed E-state index contributed by atoms with van der Waals surface area (Å²) in [5.74, 6) is 0. The van der Waals surface area contributed by atoms with Crippen LogP contribution in [-0.4, -0.2) is 13.0 Å². The normalized spacial score (nSPS) is 11.0. The van der Waals surface area contributed by atoms with Crippen molar-refractivity contribution in [1.82, 2.24) is 0 Å². The summed E-state index contributed by atoms with van der Waals surface area (Å²) in [6.45, 7) is 0. The molecule has 0 amide bonds. The van der Waals surface area contributed by atoms with Crippen molar-refractivity contribution in [2.75, 3.05) is 0 Å². The Bertz CT molecular complexity index is 573. The molecule has 0 N–H and O–H groups in total. The van der Waals surface area contributed by atoms with Crippen LogP contribution in [0.5, 0.6) is 0 Å². The van der Waals surface area contributed by atoms with Crippen molar-refractivity contribution in [2.24, 2.45) is 0 Å². The zero-order chi connectivity index (χ0) is 10.2. The van der Waals surface area contributed by atoms with Crippen LogP contribution in [0.4, 0.5) is 0 Å². The van der Waals surface area contributed by atoms with Crippen LogP contribution in [0.1, 0.15) is 0 Å². The topological polar surface area (TPSA) is 57.2 Å². The number of fused-ring (bicyclic) bond motifs is 1. The van der Waals surface area contributed by atoms with Gasteiger partial charge in [0.25, 0.3) is 0 Å². The molecule has 15 heavy (non-hydrogen) atoms. The van der Waals surface area contributed by atoms with Crippen LogP contribution in [0.25, 0.3) is 10.8 Å². The summed E-state index contributed by atoms with van der Waals surface area (Å²) in [6, 6.07) is 11.5. The van der Waals surface area contributed by atoms with Crippen LogP contribution < -0.4 is 0 Å². The molecule has 0 atom stereocenters. The third-order valence-electron chi connectivity index (χ3n) is 2.02. The summed E-state index contributed by atoms with van der Waals surface area (Å²) in [6.07, 6.45) is 0. The van der Waals surface area contributed by atoms with Crippen molar-refractivity contribution in [1.29, 1.82) is 0 Å². The van der Waals surface area contributed by atoms with E-state index in [2.05, 4.69) is 0 Å². The summed E-state index contributed by atoms with van der Waals surface area (Å²) in [7, 11) is -4.38. The molecule has 0 aliphatic carbocycles. The molecule has 0 saturated heterocycles. The van der Waals surface area contributed by atoms with E-state index in [1.54, 1.807) is 36.4 Å². The molecular weight excluding hydrogens is 264 g/mol. The Morgan fingerprint density at radius 2 is 1.53 bits per heavy atom. The second kappa shape index (κ2) is 4.33. The smallest absolute Gasteiger partial charge is 0.744 e. The fourth-order valence-corrected chi connectivity index (χ4v) is 2.11. The number of hydrogen-bond donors (Lipinski definition) is 0. The molecule has 0 unspecified atom stereocenters. The van der Waals surface area contributed by atoms with Crippen LogP contribution in [0.2, 0.25) is 0 Å². The summed E-state index contributed by atoms with van der Waals surface area (Å²) >= 11 is 0. The van der Waals surface area contributed by atoms with E-state index in [0.717, 1.165) is 5.39 Å². The van der Waals surface area contributed by atoms with E-state index < -0.39 is 10.1 Å². The zero-order valence-electron chi connectivity index (χ0n) is 7.48. The average molecular weight is 271 g/mol. The predicted molar refractivity (Wildman–Crippen MR) is 51.9 cm³/mol. The van der Waals surface area contributed by atoms with Crippen molar-refractivity contribution >= 4 is 20.9 Å². The summed E-state index contributed by atoms with van der Waals surface area (Å²) in [4.78, 5) is -0.157. The Kier molecular flexibility index (Phi) is 3.52. The van der Waals surface area contributed by atoms with E-state index in [1.807, 2.05) is 0 Å². The molecule has 0 spiro atoms. The molecule has 0 aromatic heterocycles. The first-order valence-electron chi connectivity index (χ1n) is 4.03. The van der Waals surface area contributed by atoms with Crippen molar-refractivity contribution in [3.63, 3.8) is 0 Å². The van der Waals surface area contributed by atoms with E-state index >= 15 is 0 Å². The van der Waals surface area contributed by atoms with Gasteiger partial charge in [-0.2, -0.15) is 0 Å². The first kappa shape index (κ1) is 12.2. The van der Waals surface area contributed by atoms with E-state index in [-0.39, 0.29) is 22.0 Å². The minimum atomic E-state index is -4.38. The van der Waals surface area contributed by atoms with Crippen LogP contribution in [-0.2, 0) is 27.2 Å². The minimum absolute atomic E-state index is 0. The fourth-order valence-electron chi connectivity index (χ4n) is 1.41. The predicted octanol–water partition coefficient (Wildman–Crippen LogP) is 1.74. The molecule has 3 nitrogen and oxygen atoms in total. The monoisotopic (exact) mass is 270 g/mol. The number of hydrogen-bond acceptors (Lipinski definition) is 3. The molecule has 0 radical (unpaired) electrons. The van der Waals surface area contributed by atoms with Crippen LogP contribution >= 0.6 is 0 Å². The Labute approximate surface area is 98.3 Å². The summed E-state index contributed by atoms with van der Waals surface area (Å²) < 4.78 is 32.7. The molecule has 2 rings (SSSR count). The van der Waals surface area contributed by atoms with Gasteiger partial charge in [0, 0.05) is 0 Å². The maximum atomic E-state index is 10.9. The summed E-state index contributed by atoms with van der Waals surface area (Å²) in [5, 5.41) is 1.23. The van der Waals surface area contributed by atoms with Crippen LogP contribution in [0, 0.1) is 0 Å². The largest absolute Gasteiger partial charge is 1.00 e. The first-order chi connectivity index (χ1) is 6.59. The van der Waals surface area contributed by atoms with Crippen molar-refractivity contribution in [3.8, 4) is 0 Å². The van der Waals surface area contributed by atoms with Gasteiger partial charge in [-0.15, -0.1) is 0 Å². The molecular formula is C10H7CuO3S. The Morgan fingerprint density at radius 3 is 2.20 bits per heavy atom. The van der Waals surface area contributed by atoms with Gasteiger partial charge in [0.05, 0.1) is 4.90 Å². The van der Waals surface area contributed by atoms with Gasteiger partial charge in [0.2, 0.25) is 0 Å². The molecule has 2 aromatic carbocycles. The number of rotatable bonds is 1. The second-order valence-corrected chi connectivity index (χ2v) is 4.28. The Hall–Kier alpha value is -0.871. The SMILES string of the molecule is O=S(=O)([O-])c1cccc2ccccc12.[Cu+]. The van der Waals surface area contributed by atoms with Crippen molar-refractivity contribution in [2.45, 2.75) is 4.90 Å². The third kappa shape index (κ3) is 2.38. The average Bonchev–Trinajstić information content (AvgIpc) is 2.15. The molecule has 5 heteroatoms. The van der Waals surface area contributed by atoms with Gasteiger partial charge in [-0.25, -0.2) is 8.42 Å². The maximum Gasteiger partial charge on any atom is 1.00 e. The van der Waals surface area contributed by atoms with Crippen LogP contribution in [0.15, 0.2) is 47.4 Å². The Morgan fingerprint density at radius 1 is 0.933 bits per heavy atom. The molecule has 0 saturated carbocycles. The molecule has 2 aromatic rings. The van der Waals surface area contributed by atoms with Crippen molar-refractivity contribution < 1.29 is 30.0 Å². The van der Waals surface area contributed by atoms with Gasteiger partial charge >= 0.3 is 17.1 Å². The van der Waals surface area contributed by atoms with E-state index in [1.165, 1.54) is 6.07 Å². The van der Waals surface area contributed by atoms with E-state index in [4.69, 9.17) is 0 Å². The third-order valence-corrected chi connectivity index (χ3v) is 2.91. The van der Waals surface area contributed by atoms with Gasteiger partial charge in [-0.1, -0.05) is 36.4 Å². The van der Waals surface area contributed by atoms with E-state index in [0.29, 0.717) is 5.39 Å². The van der Waals surface area contributed by atoms with Gasteiger partial charge in [-0.3, -0.25) is 0 Å². The molecule has 0 heterocycles. The quantitative estimate of drug-likeness (QED) is 0.586. The minimum Gasteiger partial charge on any atom is -0.744 e.